The van der Waals surface area contributed by atoms with Crippen molar-refractivity contribution >= 4 is 35.4 Å². The Bertz CT molecular complexity index is 519. The maximum Gasteiger partial charge on any atom is 0.408 e. The van der Waals surface area contributed by atoms with Gasteiger partial charge in [0.05, 0.1) is 18.1 Å². The normalized spacial score (nSPS) is 12.5. The van der Waals surface area contributed by atoms with E-state index in [1.54, 1.807) is 20.8 Å². The van der Waals surface area contributed by atoms with E-state index in [1.165, 1.54) is 24.2 Å². The van der Waals surface area contributed by atoms with Crippen LogP contribution in [0.1, 0.15) is 26.5 Å². The monoisotopic (exact) mass is 347 g/mol. The van der Waals surface area contributed by atoms with Crippen LogP contribution in [0.4, 0.5) is 4.79 Å². The molecule has 0 saturated carbocycles. The first-order valence-corrected chi connectivity index (χ1v) is 7.97. The van der Waals surface area contributed by atoms with E-state index in [2.05, 4.69) is 15.3 Å². The molecule has 0 aromatic carbocycles. The Morgan fingerprint density at radius 1 is 1.41 bits per heavy atom. The van der Waals surface area contributed by atoms with Crippen LogP contribution >= 0.6 is 23.4 Å². The van der Waals surface area contributed by atoms with Gasteiger partial charge in [0, 0.05) is 11.5 Å². The lowest BCUT2D eigenvalue weighted by molar-refractivity contribution is -0.138. The van der Waals surface area contributed by atoms with Crippen molar-refractivity contribution in [3.63, 3.8) is 0 Å². The van der Waals surface area contributed by atoms with Gasteiger partial charge in [-0.05, 0) is 20.8 Å². The Kier molecular flexibility index (Phi) is 6.89. The number of carbonyl (C=O) groups is 2. The number of hydrogen-bond donors (Lipinski definition) is 2. The molecule has 0 aliphatic carbocycles. The molecule has 0 saturated heterocycles. The van der Waals surface area contributed by atoms with E-state index < -0.39 is 23.7 Å². The average Bonchev–Trinajstić information content (AvgIpc) is 2.37. The summed E-state index contributed by atoms with van der Waals surface area (Å²) in [6.45, 7) is 5.11. The molecule has 1 rings (SSSR count). The van der Waals surface area contributed by atoms with Crippen molar-refractivity contribution in [3.8, 4) is 0 Å². The molecule has 0 fully saturated rings. The fraction of sp³-hybridized carbons (Fsp3) is 0.538. The lowest BCUT2D eigenvalue weighted by atomic mass is 10.2. The second-order valence-corrected chi connectivity index (χ2v) is 6.80. The third-order valence-electron chi connectivity index (χ3n) is 2.20. The maximum absolute atomic E-state index is 11.6. The second kappa shape index (κ2) is 8.19. The molecular formula is C13H18ClN3O4S. The molecule has 1 aromatic heterocycles. The van der Waals surface area contributed by atoms with Crippen LogP contribution in [-0.4, -0.2) is 44.5 Å². The van der Waals surface area contributed by atoms with E-state index in [9.17, 15) is 9.59 Å². The predicted octanol–water partition coefficient (Wildman–Crippen LogP) is 2.34. The van der Waals surface area contributed by atoms with E-state index in [0.29, 0.717) is 16.6 Å². The van der Waals surface area contributed by atoms with Crippen molar-refractivity contribution in [1.29, 1.82) is 0 Å². The van der Waals surface area contributed by atoms with Gasteiger partial charge in [-0.2, -0.15) is 11.8 Å². The summed E-state index contributed by atoms with van der Waals surface area (Å²) >= 11 is 6.94. The highest BCUT2D eigenvalue weighted by atomic mass is 35.5. The summed E-state index contributed by atoms with van der Waals surface area (Å²) in [7, 11) is 0. The van der Waals surface area contributed by atoms with E-state index in [4.69, 9.17) is 21.4 Å². The molecule has 2 N–H and O–H groups in total. The zero-order valence-corrected chi connectivity index (χ0v) is 14.1. The number of amides is 1. The fourth-order valence-electron chi connectivity index (χ4n) is 1.32. The highest BCUT2D eigenvalue weighted by Gasteiger charge is 2.23. The van der Waals surface area contributed by atoms with Crippen LogP contribution in [0.5, 0.6) is 0 Å². The summed E-state index contributed by atoms with van der Waals surface area (Å²) < 4.78 is 5.04. The van der Waals surface area contributed by atoms with Gasteiger partial charge in [-0.25, -0.2) is 14.6 Å². The van der Waals surface area contributed by atoms with Crippen molar-refractivity contribution in [2.24, 2.45) is 0 Å². The first-order valence-electron chi connectivity index (χ1n) is 6.44. The van der Waals surface area contributed by atoms with Crippen LogP contribution in [0.25, 0.3) is 0 Å². The molecule has 1 heterocycles. The van der Waals surface area contributed by atoms with E-state index in [0.717, 1.165) is 0 Å². The number of aliphatic carboxylic acids is 1. The van der Waals surface area contributed by atoms with Crippen LogP contribution in [0.2, 0.25) is 5.15 Å². The number of rotatable bonds is 6. The molecule has 0 bridgehead atoms. The molecule has 1 atom stereocenters. The van der Waals surface area contributed by atoms with Crippen molar-refractivity contribution in [2.75, 3.05) is 5.75 Å². The fourth-order valence-corrected chi connectivity index (χ4v) is 2.35. The first-order chi connectivity index (χ1) is 10.2. The number of alkyl carbamates (subject to hydrolysis) is 1. The first kappa shape index (κ1) is 18.5. The van der Waals surface area contributed by atoms with Crippen LogP contribution in [-0.2, 0) is 15.3 Å². The minimum Gasteiger partial charge on any atom is -0.480 e. The smallest absolute Gasteiger partial charge is 0.408 e. The summed E-state index contributed by atoms with van der Waals surface area (Å²) in [4.78, 5) is 30.7. The molecule has 1 amide bonds. The zero-order valence-electron chi connectivity index (χ0n) is 12.5. The van der Waals surface area contributed by atoms with Gasteiger partial charge >= 0.3 is 12.1 Å². The van der Waals surface area contributed by atoms with Gasteiger partial charge in [0.1, 0.15) is 16.8 Å². The Hall–Kier alpha value is -1.54. The second-order valence-electron chi connectivity index (χ2n) is 5.38. The number of nitrogens with one attached hydrogen (secondary N) is 1. The van der Waals surface area contributed by atoms with Gasteiger partial charge in [0.2, 0.25) is 0 Å². The molecule has 0 aliphatic rings. The van der Waals surface area contributed by atoms with Gasteiger partial charge in [-0.1, -0.05) is 11.6 Å². The van der Waals surface area contributed by atoms with Crippen LogP contribution < -0.4 is 5.32 Å². The van der Waals surface area contributed by atoms with E-state index in [-0.39, 0.29) is 5.75 Å². The topological polar surface area (TPSA) is 101 Å². The summed E-state index contributed by atoms with van der Waals surface area (Å²) in [6, 6.07) is -1.04. The van der Waals surface area contributed by atoms with E-state index in [1.807, 2.05) is 0 Å². The number of carboxylic acid groups (broad SMARTS) is 1. The van der Waals surface area contributed by atoms with Gasteiger partial charge in [-0.3, -0.25) is 4.98 Å². The number of hydrogen-bond acceptors (Lipinski definition) is 6. The lowest BCUT2D eigenvalue weighted by Gasteiger charge is -2.21. The van der Waals surface area contributed by atoms with Gasteiger partial charge < -0.3 is 15.2 Å². The Labute approximate surface area is 137 Å². The zero-order chi connectivity index (χ0) is 16.8. The molecule has 0 spiro atoms. The third kappa shape index (κ3) is 7.46. The Morgan fingerprint density at radius 3 is 2.59 bits per heavy atom. The Morgan fingerprint density at radius 2 is 2.09 bits per heavy atom. The highest BCUT2D eigenvalue weighted by Crippen LogP contribution is 2.13. The number of aromatic nitrogens is 2. The van der Waals surface area contributed by atoms with Crippen molar-refractivity contribution in [3.05, 3.63) is 23.2 Å². The Balaban J connectivity index is 2.46. The minimum atomic E-state index is -1.12. The SMILES string of the molecule is CC(C)(C)OC(=O)NC(CSCc1cnc(Cl)cn1)C(=O)O. The van der Waals surface area contributed by atoms with Crippen molar-refractivity contribution in [1.82, 2.24) is 15.3 Å². The number of carboxylic acids is 1. The molecule has 1 aromatic rings. The van der Waals surface area contributed by atoms with E-state index >= 15 is 0 Å². The largest absolute Gasteiger partial charge is 0.480 e. The number of ether oxygens (including phenoxy) is 1. The lowest BCUT2D eigenvalue weighted by Crippen LogP contribution is -2.44. The van der Waals surface area contributed by atoms with Gasteiger partial charge in [0.15, 0.2) is 0 Å². The molecular weight excluding hydrogens is 330 g/mol. The minimum absolute atomic E-state index is 0.179. The molecule has 22 heavy (non-hydrogen) atoms. The molecule has 9 heteroatoms. The molecule has 0 radical (unpaired) electrons. The molecule has 122 valence electrons. The predicted molar refractivity (Wildman–Crippen MR) is 84.0 cm³/mol. The number of halogens is 1. The van der Waals surface area contributed by atoms with Crippen molar-refractivity contribution < 1.29 is 19.4 Å². The van der Waals surface area contributed by atoms with Crippen LogP contribution in [0, 0.1) is 0 Å². The number of nitrogens with zero attached hydrogens (tertiary/aromatic N) is 2. The average molecular weight is 348 g/mol. The highest BCUT2D eigenvalue weighted by molar-refractivity contribution is 7.98. The van der Waals surface area contributed by atoms with Gasteiger partial charge in [0.25, 0.3) is 0 Å². The molecule has 0 aliphatic heterocycles. The third-order valence-corrected chi connectivity index (χ3v) is 3.46. The number of thioether (sulfide) groups is 1. The molecule has 1 unspecified atom stereocenters. The van der Waals surface area contributed by atoms with Gasteiger partial charge in [-0.15, -0.1) is 0 Å². The summed E-state index contributed by atoms with van der Waals surface area (Å²) in [6.07, 6.45) is 2.18. The summed E-state index contributed by atoms with van der Waals surface area (Å²) in [5.41, 5.74) is -0.00470. The van der Waals surface area contributed by atoms with Crippen molar-refractivity contribution in [2.45, 2.75) is 38.2 Å². The van der Waals surface area contributed by atoms with Crippen LogP contribution in [0.3, 0.4) is 0 Å². The standard InChI is InChI=1S/C13H18ClN3O4S/c1-13(2,3)21-12(20)17-9(11(18)19)7-22-6-8-4-16-10(14)5-15-8/h4-5,9H,6-7H2,1-3H3,(H,17,20)(H,18,19). The maximum atomic E-state index is 11.6. The summed E-state index contributed by atoms with van der Waals surface area (Å²) in [5.74, 6) is -0.483. The molecule has 7 nitrogen and oxygen atoms in total. The van der Waals surface area contributed by atoms with Crippen LogP contribution in [0.15, 0.2) is 12.4 Å². The number of carbonyl (C=O) groups excluding carboxylic acids is 1. The quantitative estimate of drug-likeness (QED) is 0.814. The summed E-state index contributed by atoms with van der Waals surface area (Å²) in [5, 5.41) is 11.7.